The molecule has 1 amide bonds. The molecule has 5 nitrogen and oxygen atoms in total. The van der Waals surface area contributed by atoms with E-state index in [9.17, 15) is 9.90 Å². The lowest BCUT2D eigenvalue weighted by Crippen LogP contribution is -2.45. The molecule has 0 radical (unpaired) electrons. The van der Waals surface area contributed by atoms with Crippen molar-refractivity contribution in [3.63, 3.8) is 0 Å². The molecule has 0 aromatic heterocycles. The van der Waals surface area contributed by atoms with Crippen molar-refractivity contribution in [1.82, 2.24) is 4.90 Å². The zero-order chi connectivity index (χ0) is 17.0. The van der Waals surface area contributed by atoms with Crippen molar-refractivity contribution >= 4 is 18.3 Å². The monoisotopic (exact) mass is 356 g/mol. The van der Waals surface area contributed by atoms with Crippen LogP contribution in [0.1, 0.15) is 30.4 Å². The van der Waals surface area contributed by atoms with Gasteiger partial charge in [0.2, 0.25) is 5.91 Å². The Kier molecular flexibility index (Phi) is 8.00. The summed E-state index contributed by atoms with van der Waals surface area (Å²) in [5, 5.41) is 9.66. The van der Waals surface area contributed by atoms with Crippen LogP contribution in [0, 0.1) is 19.8 Å². The fraction of sp³-hybridized carbons (Fsp3) is 0.611. The van der Waals surface area contributed by atoms with Gasteiger partial charge in [0.1, 0.15) is 12.4 Å². The van der Waals surface area contributed by atoms with Crippen molar-refractivity contribution in [2.24, 2.45) is 11.7 Å². The van der Waals surface area contributed by atoms with Gasteiger partial charge in [0.15, 0.2) is 0 Å². The van der Waals surface area contributed by atoms with Gasteiger partial charge in [-0.25, -0.2) is 0 Å². The molecule has 0 bridgehead atoms. The Bertz CT molecular complexity index is 553. The smallest absolute Gasteiger partial charge is 0.225 e. The number of carbonyl (C=O) groups excluding carboxylic acids is 1. The van der Waals surface area contributed by atoms with E-state index in [1.807, 2.05) is 19.1 Å². The zero-order valence-electron chi connectivity index (χ0n) is 14.7. The maximum absolute atomic E-state index is 12.4. The number of amides is 1. The van der Waals surface area contributed by atoms with E-state index < -0.39 is 6.10 Å². The minimum atomic E-state index is -0.475. The molecule has 136 valence electrons. The van der Waals surface area contributed by atoms with Crippen LogP contribution in [0.2, 0.25) is 0 Å². The summed E-state index contributed by atoms with van der Waals surface area (Å²) in [7, 11) is 1.80. The SMILES string of the molecule is Cc1ccc(OCCN(C)C(=O)[C@H]2CC[C@@H](O)[C@H](N)C2)c(C)c1.Cl. The summed E-state index contributed by atoms with van der Waals surface area (Å²) < 4.78 is 5.78. The van der Waals surface area contributed by atoms with Crippen molar-refractivity contribution < 1.29 is 14.6 Å². The average Bonchev–Trinajstić information content (AvgIpc) is 2.51. The third-order valence-electron chi connectivity index (χ3n) is 4.60. The van der Waals surface area contributed by atoms with Gasteiger partial charge < -0.3 is 20.5 Å². The summed E-state index contributed by atoms with van der Waals surface area (Å²) in [4.78, 5) is 14.1. The molecule has 3 N–H and O–H groups in total. The highest BCUT2D eigenvalue weighted by molar-refractivity contribution is 5.85. The Hall–Kier alpha value is -1.30. The largest absolute Gasteiger partial charge is 0.491 e. The molecule has 3 atom stereocenters. The number of likely N-dealkylation sites (N-methyl/N-ethyl adjacent to an activating group) is 1. The van der Waals surface area contributed by atoms with Gasteiger partial charge in [0.25, 0.3) is 0 Å². The van der Waals surface area contributed by atoms with Gasteiger partial charge in [-0.2, -0.15) is 0 Å². The van der Waals surface area contributed by atoms with Crippen LogP contribution in [0.3, 0.4) is 0 Å². The molecule has 1 aliphatic carbocycles. The Morgan fingerprint density at radius 1 is 1.38 bits per heavy atom. The molecule has 0 heterocycles. The number of ether oxygens (including phenoxy) is 1. The predicted molar refractivity (Wildman–Crippen MR) is 97.6 cm³/mol. The summed E-state index contributed by atoms with van der Waals surface area (Å²) in [5.41, 5.74) is 8.18. The first-order valence-electron chi connectivity index (χ1n) is 8.27. The summed E-state index contributed by atoms with van der Waals surface area (Å²) in [6, 6.07) is 5.77. The zero-order valence-corrected chi connectivity index (χ0v) is 15.5. The first-order valence-corrected chi connectivity index (χ1v) is 8.27. The van der Waals surface area contributed by atoms with Crippen molar-refractivity contribution in [2.45, 2.75) is 45.3 Å². The summed E-state index contributed by atoms with van der Waals surface area (Å²) in [6.45, 7) is 5.08. The van der Waals surface area contributed by atoms with Gasteiger partial charge in [0, 0.05) is 19.0 Å². The Morgan fingerprint density at radius 2 is 2.08 bits per heavy atom. The summed E-state index contributed by atoms with van der Waals surface area (Å²) >= 11 is 0. The molecule has 1 aliphatic rings. The number of carbonyl (C=O) groups is 1. The Balaban J connectivity index is 0.00000288. The molecule has 6 heteroatoms. The number of nitrogens with zero attached hydrogens (tertiary/aromatic N) is 1. The van der Waals surface area contributed by atoms with Crippen LogP contribution >= 0.6 is 12.4 Å². The van der Waals surface area contributed by atoms with Gasteiger partial charge in [-0.3, -0.25) is 4.79 Å². The molecule has 1 aromatic carbocycles. The van der Waals surface area contributed by atoms with Crippen LogP contribution < -0.4 is 10.5 Å². The fourth-order valence-corrected chi connectivity index (χ4v) is 3.09. The van der Waals surface area contributed by atoms with E-state index in [-0.39, 0.29) is 30.3 Å². The van der Waals surface area contributed by atoms with E-state index in [1.165, 1.54) is 5.56 Å². The van der Waals surface area contributed by atoms with Gasteiger partial charge in [-0.15, -0.1) is 12.4 Å². The molecule has 0 unspecified atom stereocenters. The molecule has 1 saturated carbocycles. The molecule has 1 aromatic rings. The summed E-state index contributed by atoms with van der Waals surface area (Å²) in [5.74, 6) is 0.871. The van der Waals surface area contributed by atoms with Crippen molar-refractivity contribution in [3.8, 4) is 5.75 Å². The quantitative estimate of drug-likeness (QED) is 0.846. The number of aliphatic hydroxyl groups is 1. The fourth-order valence-electron chi connectivity index (χ4n) is 3.09. The second-order valence-electron chi connectivity index (χ2n) is 6.62. The maximum atomic E-state index is 12.4. The first kappa shape index (κ1) is 20.7. The number of halogens is 1. The van der Waals surface area contributed by atoms with E-state index in [2.05, 4.69) is 13.0 Å². The van der Waals surface area contributed by atoms with Crippen LogP contribution in [0.15, 0.2) is 18.2 Å². The van der Waals surface area contributed by atoms with E-state index in [0.29, 0.717) is 32.4 Å². The highest BCUT2D eigenvalue weighted by Gasteiger charge is 2.32. The van der Waals surface area contributed by atoms with Crippen molar-refractivity contribution in [3.05, 3.63) is 29.3 Å². The first-order chi connectivity index (χ1) is 10.9. The molecule has 0 spiro atoms. The standard InChI is InChI=1S/C18H28N2O3.ClH/c1-12-4-7-17(13(2)10-12)23-9-8-20(3)18(22)14-5-6-16(21)15(19)11-14;/h4,7,10,14-16,21H,5-6,8-9,11,19H2,1-3H3;1H/t14-,15+,16+;/m0./s1. The Morgan fingerprint density at radius 3 is 2.71 bits per heavy atom. The molecule has 0 aliphatic heterocycles. The van der Waals surface area contributed by atoms with Crippen LogP contribution in [0.4, 0.5) is 0 Å². The second-order valence-corrected chi connectivity index (χ2v) is 6.62. The van der Waals surface area contributed by atoms with Crippen LogP contribution in [0.25, 0.3) is 0 Å². The van der Waals surface area contributed by atoms with Crippen LogP contribution in [-0.2, 0) is 4.79 Å². The number of hydrogen-bond acceptors (Lipinski definition) is 4. The summed E-state index contributed by atoms with van der Waals surface area (Å²) in [6.07, 6.45) is 1.39. The number of benzene rings is 1. The highest BCUT2D eigenvalue weighted by atomic mass is 35.5. The molecule has 24 heavy (non-hydrogen) atoms. The lowest BCUT2D eigenvalue weighted by Gasteiger charge is -2.32. The Labute approximate surface area is 150 Å². The number of rotatable bonds is 5. The van der Waals surface area contributed by atoms with Crippen molar-refractivity contribution in [1.29, 1.82) is 0 Å². The third-order valence-corrected chi connectivity index (χ3v) is 4.60. The molecule has 1 fully saturated rings. The number of aliphatic hydroxyl groups excluding tert-OH is 1. The lowest BCUT2D eigenvalue weighted by molar-refractivity contribution is -0.136. The molecular formula is C18H29ClN2O3. The average molecular weight is 357 g/mol. The van der Waals surface area contributed by atoms with Gasteiger partial charge in [-0.1, -0.05) is 17.7 Å². The van der Waals surface area contributed by atoms with Gasteiger partial charge >= 0.3 is 0 Å². The van der Waals surface area contributed by atoms with Gasteiger partial charge in [-0.05, 0) is 44.7 Å². The topological polar surface area (TPSA) is 75.8 Å². The molecular weight excluding hydrogens is 328 g/mol. The minimum Gasteiger partial charge on any atom is -0.491 e. The van der Waals surface area contributed by atoms with Crippen LogP contribution in [-0.4, -0.2) is 48.3 Å². The second kappa shape index (κ2) is 9.25. The van der Waals surface area contributed by atoms with E-state index in [4.69, 9.17) is 10.5 Å². The number of nitrogens with two attached hydrogens (primary N) is 1. The lowest BCUT2D eigenvalue weighted by atomic mass is 9.83. The maximum Gasteiger partial charge on any atom is 0.225 e. The molecule has 2 rings (SSSR count). The van der Waals surface area contributed by atoms with Crippen molar-refractivity contribution in [2.75, 3.05) is 20.2 Å². The van der Waals surface area contributed by atoms with Crippen LogP contribution in [0.5, 0.6) is 5.75 Å². The van der Waals surface area contributed by atoms with E-state index in [1.54, 1.807) is 11.9 Å². The van der Waals surface area contributed by atoms with Gasteiger partial charge in [0.05, 0.1) is 12.6 Å². The predicted octanol–water partition coefficient (Wildman–Crippen LogP) is 2.05. The highest BCUT2D eigenvalue weighted by Crippen LogP contribution is 2.25. The normalized spacial score (nSPS) is 23.3. The molecule has 0 saturated heterocycles. The van der Waals surface area contributed by atoms with E-state index in [0.717, 1.165) is 11.3 Å². The minimum absolute atomic E-state index is 0. The number of hydrogen-bond donors (Lipinski definition) is 2. The third kappa shape index (κ3) is 5.36. The van der Waals surface area contributed by atoms with E-state index >= 15 is 0 Å². The number of aryl methyl sites for hydroxylation is 2.